The molecule has 0 fully saturated rings. The summed E-state index contributed by atoms with van der Waals surface area (Å²) in [5, 5.41) is 0. The lowest BCUT2D eigenvalue weighted by Crippen LogP contribution is -2.27. The Hall–Kier alpha value is -3.54. The highest BCUT2D eigenvalue weighted by Gasteiger charge is 2.28. The summed E-state index contributed by atoms with van der Waals surface area (Å²) in [4.78, 5) is 26.7. The highest BCUT2D eigenvalue weighted by molar-refractivity contribution is 5.94. The van der Waals surface area contributed by atoms with E-state index in [1.165, 1.54) is 0 Å². The van der Waals surface area contributed by atoms with Crippen LogP contribution in [0.1, 0.15) is 56.0 Å². The van der Waals surface area contributed by atoms with Gasteiger partial charge in [0.15, 0.2) is 0 Å². The number of para-hydroxylation sites is 1. The zero-order valence-corrected chi connectivity index (χ0v) is 21.1. The maximum Gasteiger partial charge on any atom is 0.311 e. The third-order valence-electron chi connectivity index (χ3n) is 5.95. The molecule has 0 aliphatic rings. The van der Waals surface area contributed by atoms with E-state index in [0.29, 0.717) is 25.3 Å². The van der Waals surface area contributed by atoms with Crippen LogP contribution in [0, 0.1) is 5.41 Å². The number of unbranched alkanes of at least 4 members (excludes halogenated alkanes) is 1. The standard InChI is InChI=1S/C29H35NO5/c1-5-33-28(32)29(2,3)18-8-9-19-34-26-12-7-6-11-24(26)21-30(4)27(31)23-16-14-22(15-17-23)25-13-10-20-35-25/h6-7,10-17,20H,5,8-9,18-19,21H2,1-4H3. The second-order valence-electron chi connectivity index (χ2n) is 9.23. The van der Waals surface area contributed by atoms with Gasteiger partial charge in [-0.3, -0.25) is 9.59 Å². The van der Waals surface area contributed by atoms with Gasteiger partial charge < -0.3 is 18.8 Å². The molecule has 2 aromatic carbocycles. The number of carbonyl (C=O) groups excluding carboxylic acids is 2. The Balaban J connectivity index is 1.52. The topological polar surface area (TPSA) is 69.0 Å². The highest BCUT2D eigenvalue weighted by atomic mass is 16.5. The Morgan fingerprint density at radius 1 is 0.971 bits per heavy atom. The normalized spacial score (nSPS) is 11.2. The van der Waals surface area contributed by atoms with Gasteiger partial charge in [0.2, 0.25) is 0 Å². The molecule has 186 valence electrons. The van der Waals surface area contributed by atoms with Crippen LogP contribution in [0.15, 0.2) is 71.3 Å². The molecule has 6 heteroatoms. The average molecular weight is 478 g/mol. The summed E-state index contributed by atoms with van der Waals surface area (Å²) in [5.74, 6) is 1.32. The molecule has 3 aromatic rings. The van der Waals surface area contributed by atoms with E-state index in [0.717, 1.165) is 41.9 Å². The maximum atomic E-state index is 13.0. The number of carbonyl (C=O) groups is 2. The van der Waals surface area contributed by atoms with Crippen LogP contribution in [0.4, 0.5) is 0 Å². The lowest BCUT2D eigenvalue weighted by atomic mass is 9.87. The van der Waals surface area contributed by atoms with Crippen LogP contribution in [0.25, 0.3) is 11.3 Å². The molecule has 0 unspecified atom stereocenters. The smallest absolute Gasteiger partial charge is 0.311 e. The zero-order chi connectivity index (χ0) is 25.3. The molecule has 0 N–H and O–H groups in total. The van der Waals surface area contributed by atoms with E-state index < -0.39 is 5.41 Å². The van der Waals surface area contributed by atoms with Crippen molar-refractivity contribution in [2.24, 2.45) is 5.41 Å². The van der Waals surface area contributed by atoms with Gasteiger partial charge in [-0.25, -0.2) is 0 Å². The molecule has 0 saturated heterocycles. The first-order valence-electron chi connectivity index (χ1n) is 12.1. The highest BCUT2D eigenvalue weighted by Crippen LogP contribution is 2.26. The van der Waals surface area contributed by atoms with Crippen LogP contribution < -0.4 is 4.74 Å². The van der Waals surface area contributed by atoms with Crippen LogP contribution in [0.2, 0.25) is 0 Å². The maximum absolute atomic E-state index is 13.0. The summed E-state index contributed by atoms with van der Waals surface area (Å²) in [6.07, 6.45) is 4.06. The van der Waals surface area contributed by atoms with E-state index >= 15 is 0 Å². The predicted molar refractivity (Wildman–Crippen MR) is 136 cm³/mol. The lowest BCUT2D eigenvalue weighted by Gasteiger charge is -2.22. The number of hydrogen-bond donors (Lipinski definition) is 0. The Bertz CT molecular complexity index is 1090. The first kappa shape index (κ1) is 26.1. The zero-order valence-electron chi connectivity index (χ0n) is 21.1. The Morgan fingerprint density at radius 2 is 1.71 bits per heavy atom. The molecule has 0 aliphatic heterocycles. The van der Waals surface area contributed by atoms with E-state index in [2.05, 4.69) is 0 Å². The van der Waals surface area contributed by atoms with E-state index in [1.807, 2.05) is 81.4 Å². The number of rotatable bonds is 12. The molecular formula is C29H35NO5. The van der Waals surface area contributed by atoms with Crippen LogP contribution in [-0.4, -0.2) is 37.0 Å². The number of furan rings is 1. The number of benzene rings is 2. The van der Waals surface area contributed by atoms with Crippen LogP contribution in [-0.2, 0) is 16.1 Å². The van der Waals surface area contributed by atoms with Gasteiger partial charge in [0, 0.05) is 30.3 Å². The van der Waals surface area contributed by atoms with Gasteiger partial charge in [-0.2, -0.15) is 0 Å². The fraction of sp³-hybridized carbons (Fsp3) is 0.379. The number of hydrogen-bond acceptors (Lipinski definition) is 5. The summed E-state index contributed by atoms with van der Waals surface area (Å²) >= 11 is 0. The monoisotopic (exact) mass is 477 g/mol. The van der Waals surface area contributed by atoms with Crippen molar-refractivity contribution in [2.45, 2.75) is 46.6 Å². The molecule has 1 heterocycles. The second kappa shape index (κ2) is 12.2. The van der Waals surface area contributed by atoms with Gasteiger partial charge in [0.25, 0.3) is 5.91 Å². The summed E-state index contributed by atoms with van der Waals surface area (Å²) in [6.45, 7) is 7.03. The minimum Gasteiger partial charge on any atom is -0.493 e. The van der Waals surface area contributed by atoms with Crippen molar-refractivity contribution in [3.63, 3.8) is 0 Å². The molecule has 0 saturated carbocycles. The number of ether oxygens (including phenoxy) is 2. The molecule has 0 atom stereocenters. The largest absolute Gasteiger partial charge is 0.493 e. The molecule has 3 rings (SSSR count). The van der Waals surface area contributed by atoms with Gasteiger partial charge in [-0.15, -0.1) is 0 Å². The Labute approximate surface area is 207 Å². The molecule has 0 aliphatic carbocycles. The third-order valence-corrected chi connectivity index (χ3v) is 5.95. The van der Waals surface area contributed by atoms with Crippen molar-refractivity contribution < 1.29 is 23.5 Å². The first-order valence-corrected chi connectivity index (χ1v) is 12.1. The van der Waals surface area contributed by atoms with Gasteiger partial charge in [0.1, 0.15) is 11.5 Å². The van der Waals surface area contributed by atoms with Crippen molar-refractivity contribution in [3.05, 3.63) is 78.1 Å². The average Bonchev–Trinajstić information content (AvgIpc) is 3.39. The summed E-state index contributed by atoms with van der Waals surface area (Å²) in [7, 11) is 1.79. The van der Waals surface area contributed by atoms with E-state index in [4.69, 9.17) is 13.9 Å². The van der Waals surface area contributed by atoms with Gasteiger partial charge in [-0.1, -0.05) is 30.3 Å². The van der Waals surface area contributed by atoms with E-state index in [1.54, 1.807) is 18.2 Å². The molecule has 1 amide bonds. The Kier molecular flexibility index (Phi) is 9.12. The molecule has 6 nitrogen and oxygen atoms in total. The quantitative estimate of drug-likeness (QED) is 0.224. The molecule has 0 bridgehead atoms. The van der Waals surface area contributed by atoms with Crippen molar-refractivity contribution in [2.75, 3.05) is 20.3 Å². The summed E-state index contributed by atoms with van der Waals surface area (Å²) in [6, 6.07) is 18.9. The molecule has 35 heavy (non-hydrogen) atoms. The van der Waals surface area contributed by atoms with Crippen LogP contribution in [0.5, 0.6) is 5.75 Å². The fourth-order valence-corrected chi connectivity index (χ4v) is 3.82. The number of esters is 1. The molecular weight excluding hydrogens is 442 g/mol. The van der Waals surface area contributed by atoms with Gasteiger partial charge in [-0.05, 0) is 70.4 Å². The third kappa shape index (κ3) is 7.22. The Morgan fingerprint density at radius 3 is 2.40 bits per heavy atom. The predicted octanol–water partition coefficient (Wildman–Crippen LogP) is 6.36. The number of nitrogens with zero attached hydrogens (tertiary/aromatic N) is 1. The van der Waals surface area contributed by atoms with E-state index in [9.17, 15) is 9.59 Å². The van der Waals surface area contributed by atoms with E-state index in [-0.39, 0.29) is 11.9 Å². The summed E-state index contributed by atoms with van der Waals surface area (Å²) in [5.41, 5.74) is 2.00. The second-order valence-corrected chi connectivity index (χ2v) is 9.23. The number of amides is 1. The van der Waals surface area contributed by atoms with Crippen LogP contribution >= 0.6 is 0 Å². The van der Waals surface area contributed by atoms with Gasteiger partial charge >= 0.3 is 5.97 Å². The minimum atomic E-state index is -0.493. The minimum absolute atomic E-state index is 0.0630. The first-order chi connectivity index (χ1) is 16.8. The SMILES string of the molecule is CCOC(=O)C(C)(C)CCCCOc1ccccc1CN(C)C(=O)c1ccc(-c2ccco2)cc1. The van der Waals surface area contributed by atoms with Crippen molar-refractivity contribution in [1.82, 2.24) is 4.90 Å². The van der Waals surface area contributed by atoms with Crippen LogP contribution in [0.3, 0.4) is 0 Å². The van der Waals surface area contributed by atoms with Crippen molar-refractivity contribution in [3.8, 4) is 17.1 Å². The molecule has 0 radical (unpaired) electrons. The molecule has 0 spiro atoms. The van der Waals surface area contributed by atoms with Crippen molar-refractivity contribution >= 4 is 11.9 Å². The van der Waals surface area contributed by atoms with Gasteiger partial charge in [0.05, 0.1) is 24.9 Å². The van der Waals surface area contributed by atoms with Crippen molar-refractivity contribution in [1.29, 1.82) is 0 Å². The lowest BCUT2D eigenvalue weighted by molar-refractivity contribution is -0.153. The molecule has 1 aromatic heterocycles. The fourth-order valence-electron chi connectivity index (χ4n) is 3.82. The summed E-state index contributed by atoms with van der Waals surface area (Å²) < 4.78 is 16.6.